The second-order valence-electron chi connectivity index (χ2n) is 5.04. The molecular weight excluding hydrogens is 244 g/mol. The van der Waals surface area contributed by atoms with E-state index in [-0.39, 0.29) is 12.5 Å². The van der Waals surface area contributed by atoms with E-state index in [1.165, 1.54) is 0 Å². The number of benzene rings is 1. The Morgan fingerprint density at radius 2 is 1.79 bits per heavy atom. The van der Waals surface area contributed by atoms with Crippen molar-refractivity contribution in [3.8, 4) is 5.75 Å². The van der Waals surface area contributed by atoms with Crippen molar-refractivity contribution in [3.05, 3.63) is 29.8 Å². The van der Waals surface area contributed by atoms with Gasteiger partial charge in [0, 0.05) is 5.92 Å². The van der Waals surface area contributed by atoms with Crippen LogP contribution in [-0.2, 0) is 4.79 Å². The third kappa shape index (κ3) is 3.47. The third-order valence-electron chi connectivity index (χ3n) is 3.38. The van der Waals surface area contributed by atoms with Crippen LogP contribution in [0.15, 0.2) is 24.3 Å². The van der Waals surface area contributed by atoms with Gasteiger partial charge in [-0.1, -0.05) is 26.0 Å². The van der Waals surface area contributed by atoms with Gasteiger partial charge in [-0.15, -0.1) is 0 Å². The van der Waals surface area contributed by atoms with Crippen molar-refractivity contribution < 1.29 is 19.7 Å². The van der Waals surface area contributed by atoms with Crippen molar-refractivity contribution in [1.82, 2.24) is 0 Å². The molecular formula is C15H22O4. The molecule has 19 heavy (non-hydrogen) atoms. The lowest BCUT2D eigenvalue weighted by atomic mass is 9.81. The molecule has 0 radical (unpaired) electrons. The predicted molar refractivity (Wildman–Crippen MR) is 73.5 cm³/mol. The van der Waals surface area contributed by atoms with Crippen LogP contribution >= 0.6 is 0 Å². The standard InChI is InChI=1S/C15H22O4/c1-5-15(18,14(16)17)11(4)12-6-8-13(9-7-12)19-10(2)3/h6-11,18H,5H2,1-4H3,(H,16,17). The molecule has 106 valence electrons. The quantitative estimate of drug-likeness (QED) is 0.831. The monoisotopic (exact) mass is 266 g/mol. The Balaban J connectivity index is 2.94. The Labute approximate surface area is 114 Å². The summed E-state index contributed by atoms with van der Waals surface area (Å²) in [6, 6.07) is 7.19. The maximum Gasteiger partial charge on any atom is 0.336 e. The molecule has 0 spiro atoms. The topological polar surface area (TPSA) is 66.8 Å². The molecule has 0 heterocycles. The summed E-state index contributed by atoms with van der Waals surface area (Å²) in [7, 11) is 0. The zero-order valence-electron chi connectivity index (χ0n) is 11.9. The van der Waals surface area contributed by atoms with Crippen molar-refractivity contribution in [3.63, 3.8) is 0 Å². The zero-order valence-corrected chi connectivity index (χ0v) is 11.9. The maximum atomic E-state index is 11.2. The second-order valence-corrected chi connectivity index (χ2v) is 5.04. The number of carboxylic acids is 1. The van der Waals surface area contributed by atoms with Crippen LogP contribution in [0.25, 0.3) is 0 Å². The molecule has 1 aromatic carbocycles. The van der Waals surface area contributed by atoms with E-state index in [2.05, 4.69) is 0 Å². The van der Waals surface area contributed by atoms with Gasteiger partial charge in [0.25, 0.3) is 0 Å². The minimum absolute atomic E-state index is 0.0925. The number of aliphatic carboxylic acids is 1. The number of carbonyl (C=O) groups is 1. The average Bonchev–Trinajstić information content (AvgIpc) is 2.37. The van der Waals surface area contributed by atoms with Gasteiger partial charge in [0.15, 0.2) is 5.60 Å². The van der Waals surface area contributed by atoms with E-state index in [9.17, 15) is 9.90 Å². The summed E-state index contributed by atoms with van der Waals surface area (Å²) in [5, 5.41) is 19.4. The predicted octanol–water partition coefficient (Wildman–Crippen LogP) is 2.80. The lowest BCUT2D eigenvalue weighted by Gasteiger charge is -2.29. The van der Waals surface area contributed by atoms with Crippen LogP contribution in [0.2, 0.25) is 0 Å². The van der Waals surface area contributed by atoms with Crippen molar-refractivity contribution in [2.75, 3.05) is 0 Å². The summed E-state index contributed by atoms with van der Waals surface area (Å²) < 4.78 is 5.53. The maximum absolute atomic E-state index is 11.2. The first-order valence-electron chi connectivity index (χ1n) is 6.53. The number of carboxylic acid groups (broad SMARTS) is 1. The largest absolute Gasteiger partial charge is 0.491 e. The first-order chi connectivity index (χ1) is 8.81. The van der Waals surface area contributed by atoms with Crippen molar-refractivity contribution in [1.29, 1.82) is 0 Å². The zero-order chi connectivity index (χ0) is 14.6. The van der Waals surface area contributed by atoms with Crippen molar-refractivity contribution in [2.24, 2.45) is 0 Å². The highest BCUT2D eigenvalue weighted by Gasteiger charge is 2.40. The van der Waals surface area contributed by atoms with E-state index in [1.54, 1.807) is 38.1 Å². The van der Waals surface area contributed by atoms with Gasteiger partial charge >= 0.3 is 5.97 Å². The number of ether oxygens (including phenoxy) is 1. The van der Waals surface area contributed by atoms with Crippen LogP contribution in [0.1, 0.15) is 45.6 Å². The van der Waals surface area contributed by atoms with Crippen LogP contribution in [0.5, 0.6) is 5.75 Å². The fourth-order valence-corrected chi connectivity index (χ4v) is 2.03. The van der Waals surface area contributed by atoms with E-state index in [0.717, 1.165) is 11.3 Å². The summed E-state index contributed by atoms with van der Waals surface area (Å²) in [6.07, 6.45) is 0.253. The molecule has 0 aromatic heterocycles. The van der Waals surface area contributed by atoms with E-state index < -0.39 is 17.5 Å². The van der Waals surface area contributed by atoms with Crippen LogP contribution in [-0.4, -0.2) is 27.9 Å². The van der Waals surface area contributed by atoms with Gasteiger partial charge in [0.2, 0.25) is 0 Å². The molecule has 0 aliphatic heterocycles. The molecule has 0 saturated carbocycles. The van der Waals surface area contributed by atoms with Crippen LogP contribution < -0.4 is 4.74 Å². The molecule has 0 aliphatic carbocycles. The summed E-state index contributed by atoms with van der Waals surface area (Å²) in [5.41, 5.74) is -0.955. The molecule has 2 atom stereocenters. The third-order valence-corrected chi connectivity index (χ3v) is 3.38. The Hall–Kier alpha value is -1.55. The summed E-state index contributed by atoms with van der Waals surface area (Å²) in [4.78, 5) is 11.2. The van der Waals surface area contributed by atoms with Crippen LogP contribution in [0, 0.1) is 0 Å². The minimum atomic E-state index is -1.74. The molecule has 4 nitrogen and oxygen atoms in total. The molecule has 2 unspecified atom stereocenters. The van der Waals surface area contributed by atoms with Gasteiger partial charge in [-0.3, -0.25) is 0 Å². The van der Waals surface area contributed by atoms with E-state index in [0.29, 0.717) is 0 Å². The smallest absolute Gasteiger partial charge is 0.336 e. The normalized spacial score (nSPS) is 15.9. The van der Waals surface area contributed by atoms with Gasteiger partial charge in [-0.05, 0) is 38.0 Å². The highest BCUT2D eigenvalue weighted by Crippen LogP contribution is 2.32. The van der Waals surface area contributed by atoms with E-state index >= 15 is 0 Å². The van der Waals surface area contributed by atoms with E-state index in [1.807, 2.05) is 13.8 Å². The molecule has 1 rings (SSSR count). The van der Waals surface area contributed by atoms with Crippen LogP contribution in [0.3, 0.4) is 0 Å². The number of rotatable bonds is 6. The fourth-order valence-electron chi connectivity index (χ4n) is 2.03. The average molecular weight is 266 g/mol. The SMILES string of the molecule is CCC(O)(C(=O)O)C(C)c1ccc(OC(C)C)cc1. The summed E-state index contributed by atoms with van der Waals surface area (Å²) in [6.45, 7) is 7.27. The Kier molecular flexibility index (Phi) is 4.95. The fraction of sp³-hybridized carbons (Fsp3) is 0.533. The molecule has 0 amide bonds. The van der Waals surface area contributed by atoms with E-state index in [4.69, 9.17) is 9.84 Å². The second kappa shape index (κ2) is 6.06. The minimum Gasteiger partial charge on any atom is -0.491 e. The molecule has 4 heteroatoms. The van der Waals surface area contributed by atoms with Gasteiger partial charge < -0.3 is 14.9 Å². The summed E-state index contributed by atoms with van der Waals surface area (Å²) in [5.74, 6) is -0.936. The number of aliphatic hydroxyl groups is 1. The van der Waals surface area contributed by atoms with Gasteiger partial charge in [0.05, 0.1) is 6.10 Å². The van der Waals surface area contributed by atoms with Gasteiger partial charge in [-0.25, -0.2) is 4.79 Å². The lowest BCUT2D eigenvalue weighted by Crippen LogP contribution is -2.42. The lowest BCUT2D eigenvalue weighted by molar-refractivity contribution is -0.161. The van der Waals surface area contributed by atoms with Gasteiger partial charge in [0.1, 0.15) is 5.75 Å². The van der Waals surface area contributed by atoms with Crippen LogP contribution in [0.4, 0.5) is 0 Å². The molecule has 0 bridgehead atoms. The van der Waals surface area contributed by atoms with Crippen molar-refractivity contribution >= 4 is 5.97 Å². The molecule has 0 fully saturated rings. The Morgan fingerprint density at radius 1 is 1.26 bits per heavy atom. The number of hydrogen-bond donors (Lipinski definition) is 2. The summed E-state index contributed by atoms with van der Waals surface area (Å²) >= 11 is 0. The molecule has 0 aliphatic rings. The highest BCUT2D eigenvalue weighted by atomic mass is 16.5. The highest BCUT2D eigenvalue weighted by molar-refractivity contribution is 5.78. The molecule has 2 N–H and O–H groups in total. The first kappa shape index (κ1) is 15.5. The Morgan fingerprint density at radius 3 is 2.16 bits per heavy atom. The molecule has 0 saturated heterocycles. The number of hydrogen-bond acceptors (Lipinski definition) is 3. The van der Waals surface area contributed by atoms with Crippen molar-refractivity contribution in [2.45, 2.75) is 51.7 Å². The Bertz CT molecular complexity index is 424. The van der Waals surface area contributed by atoms with Gasteiger partial charge in [-0.2, -0.15) is 0 Å². The molecule has 1 aromatic rings. The first-order valence-corrected chi connectivity index (χ1v) is 6.53.